The molecule has 0 aromatic heterocycles. The van der Waals surface area contributed by atoms with Crippen LogP contribution < -0.4 is 5.32 Å². The van der Waals surface area contributed by atoms with E-state index in [1.165, 1.54) is 11.1 Å². The Hall–Kier alpha value is -0.350. The van der Waals surface area contributed by atoms with Crippen LogP contribution in [0.15, 0.2) is 51.4 Å². The molecule has 2 rings (SSSR count). The van der Waals surface area contributed by atoms with Crippen LogP contribution in [0, 0.1) is 0 Å². The number of nitrogens with one attached hydrogen (secondary N) is 1. The first-order valence-electron chi connectivity index (χ1n) is 6.44. The molecule has 106 valence electrons. The topological polar surface area (TPSA) is 12.0 Å². The van der Waals surface area contributed by atoms with Gasteiger partial charge in [-0.1, -0.05) is 61.7 Å². The van der Waals surface area contributed by atoms with Gasteiger partial charge in [0, 0.05) is 26.1 Å². The molecule has 2 unspecified atom stereocenters. The molecule has 2 aromatic carbocycles. The second-order valence-corrected chi connectivity index (χ2v) is 7.04. The molecule has 2 atom stereocenters. The zero-order valence-corrected chi connectivity index (χ0v) is 15.3. The fourth-order valence-electron chi connectivity index (χ4n) is 2.19. The van der Waals surface area contributed by atoms with E-state index in [1.807, 2.05) is 18.2 Å². The largest absolute Gasteiger partial charge is 0.304 e. The van der Waals surface area contributed by atoms with Crippen LogP contribution in [-0.4, -0.2) is 0 Å². The molecule has 0 aliphatic rings. The Bertz CT molecular complexity index is 601. The van der Waals surface area contributed by atoms with Gasteiger partial charge in [-0.2, -0.15) is 0 Å². The summed E-state index contributed by atoms with van der Waals surface area (Å²) in [5, 5.41) is 4.37. The van der Waals surface area contributed by atoms with Gasteiger partial charge in [-0.3, -0.25) is 0 Å². The lowest BCUT2D eigenvalue weighted by Crippen LogP contribution is -2.22. The van der Waals surface area contributed by atoms with E-state index in [0.29, 0.717) is 0 Å². The van der Waals surface area contributed by atoms with Crippen LogP contribution in [0.1, 0.15) is 37.1 Å². The van der Waals surface area contributed by atoms with Gasteiger partial charge in [0.2, 0.25) is 0 Å². The van der Waals surface area contributed by atoms with Crippen molar-refractivity contribution in [1.29, 1.82) is 0 Å². The molecule has 0 saturated heterocycles. The second kappa shape index (κ2) is 7.08. The average molecular weight is 418 g/mol. The van der Waals surface area contributed by atoms with Gasteiger partial charge in [-0.25, -0.2) is 0 Å². The highest BCUT2D eigenvalue weighted by Crippen LogP contribution is 2.28. The molecular formula is C16H16Br2ClN. The smallest absolute Gasteiger partial charge is 0.0409 e. The average Bonchev–Trinajstić information content (AvgIpc) is 2.38. The standard InChI is InChI=1S/C16H16Br2ClN/c1-10(12-4-3-5-14(19)8-12)20-11(2)15-7-6-13(17)9-16(15)18/h3-11,20H,1-2H3. The van der Waals surface area contributed by atoms with Crippen molar-refractivity contribution in [3.05, 3.63) is 67.6 Å². The van der Waals surface area contributed by atoms with E-state index in [2.05, 4.69) is 75.3 Å². The van der Waals surface area contributed by atoms with Crippen molar-refractivity contribution >= 4 is 43.5 Å². The third-order valence-electron chi connectivity index (χ3n) is 3.28. The molecule has 0 heterocycles. The van der Waals surface area contributed by atoms with Gasteiger partial charge in [0.1, 0.15) is 0 Å². The van der Waals surface area contributed by atoms with Crippen molar-refractivity contribution in [2.24, 2.45) is 0 Å². The zero-order chi connectivity index (χ0) is 14.7. The lowest BCUT2D eigenvalue weighted by molar-refractivity contribution is 0.493. The number of hydrogen-bond donors (Lipinski definition) is 1. The van der Waals surface area contributed by atoms with Crippen LogP contribution in [0.2, 0.25) is 5.02 Å². The number of halogens is 3. The van der Waals surface area contributed by atoms with Crippen LogP contribution in [0.3, 0.4) is 0 Å². The Morgan fingerprint density at radius 3 is 2.40 bits per heavy atom. The summed E-state index contributed by atoms with van der Waals surface area (Å²) >= 11 is 13.1. The Kier molecular flexibility index (Phi) is 5.67. The number of benzene rings is 2. The van der Waals surface area contributed by atoms with Crippen LogP contribution >= 0.6 is 43.5 Å². The monoisotopic (exact) mass is 415 g/mol. The van der Waals surface area contributed by atoms with E-state index >= 15 is 0 Å². The third-order valence-corrected chi connectivity index (χ3v) is 4.69. The Morgan fingerprint density at radius 2 is 1.75 bits per heavy atom. The summed E-state index contributed by atoms with van der Waals surface area (Å²) < 4.78 is 2.17. The fraction of sp³-hybridized carbons (Fsp3) is 0.250. The molecule has 0 aliphatic heterocycles. The summed E-state index contributed by atoms with van der Waals surface area (Å²) in [6.45, 7) is 4.31. The molecule has 0 saturated carbocycles. The van der Waals surface area contributed by atoms with Gasteiger partial charge < -0.3 is 5.32 Å². The molecular weight excluding hydrogens is 401 g/mol. The molecule has 0 radical (unpaired) electrons. The van der Waals surface area contributed by atoms with Gasteiger partial charge in [-0.05, 0) is 49.2 Å². The van der Waals surface area contributed by atoms with Gasteiger partial charge in [0.25, 0.3) is 0 Å². The second-order valence-electron chi connectivity index (χ2n) is 4.83. The van der Waals surface area contributed by atoms with Crippen molar-refractivity contribution in [1.82, 2.24) is 5.32 Å². The minimum Gasteiger partial charge on any atom is -0.304 e. The predicted octanol–water partition coefficient (Wildman–Crippen LogP) is 6.28. The van der Waals surface area contributed by atoms with E-state index < -0.39 is 0 Å². The number of hydrogen-bond acceptors (Lipinski definition) is 1. The molecule has 0 bridgehead atoms. The van der Waals surface area contributed by atoms with E-state index in [-0.39, 0.29) is 12.1 Å². The van der Waals surface area contributed by atoms with Crippen LogP contribution in [0.4, 0.5) is 0 Å². The number of rotatable bonds is 4. The lowest BCUT2D eigenvalue weighted by Gasteiger charge is -2.22. The maximum Gasteiger partial charge on any atom is 0.0409 e. The summed E-state index contributed by atoms with van der Waals surface area (Å²) in [6, 6.07) is 14.7. The molecule has 4 heteroatoms. The zero-order valence-electron chi connectivity index (χ0n) is 11.3. The molecule has 0 amide bonds. The summed E-state index contributed by atoms with van der Waals surface area (Å²) in [5.41, 5.74) is 2.43. The first-order valence-corrected chi connectivity index (χ1v) is 8.40. The molecule has 1 nitrogen and oxygen atoms in total. The molecule has 20 heavy (non-hydrogen) atoms. The van der Waals surface area contributed by atoms with Gasteiger partial charge in [0.15, 0.2) is 0 Å². The van der Waals surface area contributed by atoms with Crippen molar-refractivity contribution in [2.75, 3.05) is 0 Å². The fourth-order valence-corrected chi connectivity index (χ4v) is 3.78. The van der Waals surface area contributed by atoms with Gasteiger partial charge in [0.05, 0.1) is 0 Å². The summed E-state index contributed by atoms with van der Waals surface area (Å²) in [6.07, 6.45) is 0. The van der Waals surface area contributed by atoms with Gasteiger partial charge in [-0.15, -0.1) is 0 Å². The highest BCUT2D eigenvalue weighted by atomic mass is 79.9. The Morgan fingerprint density at radius 1 is 1.00 bits per heavy atom. The summed E-state index contributed by atoms with van der Waals surface area (Å²) in [7, 11) is 0. The Balaban J connectivity index is 2.12. The van der Waals surface area contributed by atoms with Crippen LogP contribution in [-0.2, 0) is 0 Å². The quantitative estimate of drug-likeness (QED) is 0.618. The van der Waals surface area contributed by atoms with E-state index in [9.17, 15) is 0 Å². The SMILES string of the molecule is CC(NC(C)c1ccc(Br)cc1Br)c1cccc(Cl)c1. The molecule has 0 spiro atoms. The van der Waals surface area contributed by atoms with Crippen molar-refractivity contribution in [2.45, 2.75) is 25.9 Å². The first-order chi connectivity index (χ1) is 9.47. The van der Waals surface area contributed by atoms with Crippen LogP contribution in [0.5, 0.6) is 0 Å². The van der Waals surface area contributed by atoms with Gasteiger partial charge >= 0.3 is 0 Å². The van der Waals surface area contributed by atoms with E-state index in [1.54, 1.807) is 0 Å². The maximum absolute atomic E-state index is 6.04. The summed E-state index contributed by atoms with van der Waals surface area (Å²) in [5.74, 6) is 0. The first kappa shape index (κ1) is 16.0. The lowest BCUT2D eigenvalue weighted by atomic mass is 10.0. The minimum absolute atomic E-state index is 0.235. The molecule has 2 aromatic rings. The minimum atomic E-state index is 0.235. The Labute approximate surface area is 142 Å². The predicted molar refractivity (Wildman–Crippen MR) is 93.3 cm³/mol. The molecule has 1 N–H and O–H groups in total. The highest BCUT2D eigenvalue weighted by molar-refractivity contribution is 9.11. The third kappa shape index (κ3) is 4.08. The van der Waals surface area contributed by atoms with Crippen molar-refractivity contribution in [3.63, 3.8) is 0 Å². The molecule has 0 fully saturated rings. The van der Waals surface area contributed by atoms with Crippen molar-refractivity contribution < 1.29 is 0 Å². The van der Waals surface area contributed by atoms with E-state index in [0.717, 1.165) is 14.0 Å². The van der Waals surface area contributed by atoms with E-state index in [4.69, 9.17) is 11.6 Å². The normalized spacial score (nSPS) is 14.1. The molecule has 0 aliphatic carbocycles. The highest BCUT2D eigenvalue weighted by Gasteiger charge is 2.13. The van der Waals surface area contributed by atoms with Crippen molar-refractivity contribution in [3.8, 4) is 0 Å². The van der Waals surface area contributed by atoms with Crippen LogP contribution in [0.25, 0.3) is 0 Å². The maximum atomic E-state index is 6.04. The summed E-state index contributed by atoms with van der Waals surface area (Å²) in [4.78, 5) is 0.